The second-order valence-corrected chi connectivity index (χ2v) is 4.55. The molecule has 88 valence electrons. The Morgan fingerprint density at radius 2 is 2.18 bits per heavy atom. The summed E-state index contributed by atoms with van der Waals surface area (Å²) in [5.74, 6) is 6.15. The number of furan rings is 1. The minimum absolute atomic E-state index is 0.136. The largest absolute Gasteiger partial charge is 0.472 e. The van der Waals surface area contributed by atoms with E-state index in [0.29, 0.717) is 5.92 Å². The van der Waals surface area contributed by atoms with Crippen LogP contribution >= 0.6 is 0 Å². The molecule has 0 aliphatic heterocycles. The average molecular weight is 228 g/mol. The fourth-order valence-electron chi connectivity index (χ4n) is 2.83. The van der Waals surface area contributed by atoms with Crippen LogP contribution in [0.1, 0.15) is 35.1 Å². The first-order chi connectivity index (χ1) is 8.40. The van der Waals surface area contributed by atoms with Crippen LogP contribution in [0.5, 0.6) is 0 Å². The summed E-state index contributed by atoms with van der Waals surface area (Å²) in [6.45, 7) is 0. The molecular weight excluding hydrogens is 212 g/mol. The van der Waals surface area contributed by atoms with Gasteiger partial charge in [0.25, 0.3) is 0 Å². The summed E-state index contributed by atoms with van der Waals surface area (Å²) in [6.07, 6.45) is 5.74. The molecule has 1 aromatic carbocycles. The van der Waals surface area contributed by atoms with Gasteiger partial charge in [0, 0.05) is 11.5 Å². The molecular formula is C14H16N2O. The van der Waals surface area contributed by atoms with E-state index in [9.17, 15) is 0 Å². The molecule has 1 heterocycles. The minimum atomic E-state index is 0.136. The number of nitrogens with one attached hydrogen (secondary N) is 1. The van der Waals surface area contributed by atoms with Crippen molar-refractivity contribution >= 4 is 0 Å². The zero-order chi connectivity index (χ0) is 11.7. The standard InChI is InChI=1S/C14H16N2O/c15-16-14(11-7-8-17-9-11)13-6-5-10-3-1-2-4-12(10)13/h1-4,7-9,13-14,16H,5-6,15H2. The molecule has 2 unspecified atom stereocenters. The Balaban J connectivity index is 1.95. The Bertz CT molecular complexity index is 493. The summed E-state index contributed by atoms with van der Waals surface area (Å²) in [5, 5.41) is 0. The van der Waals surface area contributed by atoms with E-state index in [1.165, 1.54) is 11.1 Å². The van der Waals surface area contributed by atoms with Gasteiger partial charge < -0.3 is 4.42 Å². The Labute approximate surface area is 101 Å². The van der Waals surface area contributed by atoms with E-state index in [2.05, 4.69) is 29.7 Å². The first-order valence-corrected chi connectivity index (χ1v) is 5.96. The van der Waals surface area contributed by atoms with E-state index in [1.54, 1.807) is 12.5 Å². The van der Waals surface area contributed by atoms with Crippen molar-refractivity contribution in [3.63, 3.8) is 0 Å². The van der Waals surface area contributed by atoms with E-state index >= 15 is 0 Å². The quantitative estimate of drug-likeness (QED) is 0.627. The topological polar surface area (TPSA) is 51.2 Å². The summed E-state index contributed by atoms with van der Waals surface area (Å²) in [5.41, 5.74) is 6.91. The number of fused-ring (bicyclic) bond motifs is 1. The molecule has 0 bridgehead atoms. The van der Waals surface area contributed by atoms with Gasteiger partial charge in [-0.2, -0.15) is 0 Å². The van der Waals surface area contributed by atoms with Crippen LogP contribution in [0.2, 0.25) is 0 Å². The van der Waals surface area contributed by atoms with E-state index in [0.717, 1.165) is 18.4 Å². The molecule has 0 saturated carbocycles. The first kappa shape index (κ1) is 10.6. The second kappa shape index (κ2) is 4.35. The highest BCUT2D eigenvalue weighted by molar-refractivity contribution is 5.37. The number of hydrogen-bond acceptors (Lipinski definition) is 3. The number of hydrogen-bond donors (Lipinski definition) is 2. The third-order valence-electron chi connectivity index (χ3n) is 3.66. The lowest BCUT2D eigenvalue weighted by Crippen LogP contribution is -2.31. The first-order valence-electron chi connectivity index (χ1n) is 5.96. The molecule has 0 amide bonds. The van der Waals surface area contributed by atoms with Crippen LogP contribution < -0.4 is 11.3 Å². The monoisotopic (exact) mass is 228 g/mol. The smallest absolute Gasteiger partial charge is 0.0951 e. The Morgan fingerprint density at radius 3 is 2.94 bits per heavy atom. The van der Waals surface area contributed by atoms with Crippen molar-refractivity contribution < 1.29 is 4.42 Å². The summed E-state index contributed by atoms with van der Waals surface area (Å²) >= 11 is 0. The summed E-state index contributed by atoms with van der Waals surface area (Å²) in [7, 11) is 0. The van der Waals surface area contributed by atoms with Crippen LogP contribution in [-0.4, -0.2) is 0 Å². The van der Waals surface area contributed by atoms with Crippen LogP contribution in [0, 0.1) is 0 Å². The zero-order valence-electron chi connectivity index (χ0n) is 9.60. The maximum Gasteiger partial charge on any atom is 0.0951 e. The van der Waals surface area contributed by atoms with E-state index in [1.807, 2.05) is 6.07 Å². The molecule has 1 aliphatic rings. The highest BCUT2D eigenvalue weighted by atomic mass is 16.3. The molecule has 0 fully saturated rings. The van der Waals surface area contributed by atoms with Crippen molar-refractivity contribution in [1.82, 2.24) is 5.43 Å². The number of rotatable bonds is 3. The van der Waals surface area contributed by atoms with Crippen molar-refractivity contribution in [2.75, 3.05) is 0 Å². The van der Waals surface area contributed by atoms with Gasteiger partial charge in [0.05, 0.1) is 18.6 Å². The molecule has 3 heteroatoms. The van der Waals surface area contributed by atoms with Gasteiger partial charge in [-0.1, -0.05) is 24.3 Å². The molecule has 0 saturated heterocycles. The summed E-state index contributed by atoms with van der Waals surface area (Å²) < 4.78 is 5.15. The molecule has 3 N–H and O–H groups in total. The summed E-state index contributed by atoms with van der Waals surface area (Å²) in [6, 6.07) is 10.7. The zero-order valence-corrected chi connectivity index (χ0v) is 9.60. The molecule has 3 nitrogen and oxygen atoms in total. The highest BCUT2D eigenvalue weighted by Gasteiger charge is 2.30. The van der Waals surface area contributed by atoms with E-state index in [-0.39, 0.29) is 6.04 Å². The van der Waals surface area contributed by atoms with E-state index in [4.69, 9.17) is 10.3 Å². The number of nitrogens with two attached hydrogens (primary N) is 1. The van der Waals surface area contributed by atoms with Crippen LogP contribution in [-0.2, 0) is 6.42 Å². The fraction of sp³-hybridized carbons (Fsp3) is 0.286. The number of hydrazine groups is 1. The van der Waals surface area contributed by atoms with Crippen LogP contribution in [0.4, 0.5) is 0 Å². The Hall–Kier alpha value is -1.58. The third-order valence-corrected chi connectivity index (χ3v) is 3.66. The molecule has 17 heavy (non-hydrogen) atoms. The van der Waals surface area contributed by atoms with Gasteiger partial charge >= 0.3 is 0 Å². The maximum atomic E-state index is 5.71. The molecule has 3 rings (SSSR count). The lowest BCUT2D eigenvalue weighted by molar-refractivity contribution is 0.446. The Morgan fingerprint density at radius 1 is 1.29 bits per heavy atom. The second-order valence-electron chi connectivity index (χ2n) is 4.55. The van der Waals surface area contributed by atoms with Crippen LogP contribution in [0.25, 0.3) is 0 Å². The van der Waals surface area contributed by atoms with Crippen molar-refractivity contribution in [2.45, 2.75) is 24.8 Å². The van der Waals surface area contributed by atoms with Gasteiger partial charge in [0.2, 0.25) is 0 Å². The SMILES string of the molecule is NNC(c1ccoc1)C1CCc2ccccc21. The normalized spacial score (nSPS) is 20.2. The number of benzene rings is 1. The van der Waals surface area contributed by atoms with Gasteiger partial charge in [-0.15, -0.1) is 0 Å². The van der Waals surface area contributed by atoms with Crippen molar-refractivity contribution in [2.24, 2.45) is 5.84 Å². The predicted octanol–water partition coefficient (Wildman–Crippen LogP) is 2.51. The van der Waals surface area contributed by atoms with E-state index < -0.39 is 0 Å². The van der Waals surface area contributed by atoms with Gasteiger partial charge in [-0.25, -0.2) is 0 Å². The van der Waals surface area contributed by atoms with Crippen molar-refractivity contribution in [1.29, 1.82) is 0 Å². The summed E-state index contributed by atoms with van der Waals surface area (Å²) in [4.78, 5) is 0. The predicted molar refractivity (Wildman–Crippen MR) is 66.3 cm³/mol. The molecule has 2 aromatic rings. The maximum absolute atomic E-state index is 5.71. The van der Waals surface area contributed by atoms with Gasteiger partial charge in [0.15, 0.2) is 0 Å². The molecule has 0 radical (unpaired) electrons. The van der Waals surface area contributed by atoms with Crippen LogP contribution in [0.15, 0.2) is 47.3 Å². The molecule has 1 aliphatic carbocycles. The van der Waals surface area contributed by atoms with Gasteiger partial charge in [-0.3, -0.25) is 11.3 Å². The van der Waals surface area contributed by atoms with Gasteiger partial charge in [-0.05, 0) is 30.0 Å². The lowest BCUT2D eigenvalue weighted by Gasteiger charge is -2.22. The lowest BCUT2D eigenvalue weighted by atomic mass is 9.90. The van der Waals surface area contributed by atoms with Gasteiger partial charge in [0.1, 0.15) is 0 Å². The van der Waals surface area contributed by atoms with Crippen molar-refractivity contribution in [3.05, 3.63) is 59.5 Å². The highest BCUT2D eigenvalue weighted by Crippen LogP contribution is 2.41. The Kier molecular flexibility index (Phi) is 2.71. The third kappa shape index (κ3) is 1.77. The van der Waals surface area contributed by atoms with Crippen LogP contribution in [0.3, 0.4) is 0 Å². The molecule has 2 atom stereocenters. The average Bonchev–Trinajstić information content (AvgIpc) is 3.01. The minimum Gasteiger partial charge on any atom is -0.472 e. The van der Waals surface area contributed by atoms with Crippen molar-refractivity contribution in [3.8, 4) is 0 Å². The number of aryl methyl sites for hydroxylation is 1. The molecule has 1 aromatic heterocycles. The fourth-order valence-corrected chi connectivity index (χ4v) is 2.83. The molecule has 0 spiro atoms.